The van der Waals surface area contributed by atoms with Crippen LogP contribution in [0.4, 0.5) is 0 Å². The maximum absolute atomic E-state index is 11.4. The summed E-state index contributed by atoms with van der Waals surface area (Å²) in [6.45, 7) is 4.37. The average molecular weight is 230 g/mol. The Bertz CT molecular complexity index is 229. The molecular weight excluding hydrogens is 208 g/mol. The Balaban J connectivity index is 2.45. The molecule has 1 heterocycles. The predicted octanol–water partition coefficient (Wildman–Crippen LogP) is 0.955. The van der Waals surface area contributed by atoms with Crippen molar-refractivity contribution < 1.29 is 19.7 Å². The number of hydrogen-bond acceptors (Lipinski definition) is 4. The van der Waals surface area contributed by atoms with Gasteiger partial charge in [-0.1, -0.05) is 20.3 Å². The van der Waals surface area contributed by atoms with E-state index in [2.05, 4.69) is 13.8 Å². The standard InChI is InChI=1S/C12H22O4/c1-3-8(2)4-5-10(14)11-9(6-13)7-16-12(11)15/h8-11,13-14H,3-7H2,1-2H3/t8-,9-,10-,11+/m1/s1. The van der Waals surface area contributed by atoms with E-state index in [4.69, 9.17) is 9.84 Å². The van der Waals surface area contributed by atoms with E-state index in [1.165, 1.54) is 0 Å². The molecule has 94 valence electrons. The van der Waals surface area contributed by atoms with Crippen molar-refractivity contribution in [1.82, 2.24) is 0 Å². The summed E-state index contributed by atoms with van der Waals surface area (Å²) in [4.78, 5) is 11.4. The number of hydrogen-bond donors (Lipinski definition) is 2. The molecule has 0 amide bonds. The summed E-state index contributed by atoms with van der Waals surface area (Å²) in [6, 6.07) is 0. The smallest absolute Gasteiger partial charge is 0.312 e. The first kappa shape index (κ1) is 13.5. The van der Waals surface area contributed by atoms with E-state index in [9.17, 15) is 9.90 Å². The van der Waals surface area contributed by atoms with E-state index in [0.717, 1.165) is 12.8 Å². The third kappa shape index (κ3) is 3.19. The second kappa shape index (κ2) is 6.21. The van der Waals surface area contributed by atoms with Crippen molar-refractivity contribution in [2.75, 3.05) is 13.2 Å². The van der Waals surface area contributed by atoms with Gasteiger partial charge in [0.1, 0.15) is 0 Å². The lowest BCUT2D eigenvalue weighted by Gasteiger charge is -2.20. The molecule has 4 nitrogen and oxygen atoms in total. The molecule has 1 aliphatic heterocycles. The van der Waals surface area contributed by atoms with Crippen LogP contribution in [-0.4, -0.2) is 35.5 Å². The molecule has 0 bridgehead atoms. The Morgan fingerprint density at radius 3 is 2.75 bits per heavy atom. The van der Waals surface area contributed by atoms with Crippen molar-refractivity contribution >= 4 is 5.97 Å². The van der Waals surface area contributed by atoms with E-state index in [1.807, 2.05) is 0 Å². The molecule has 16 heavy (non-hydrogen) atoms. The molecule has 4 heteroatoms. The second-order valence-corrected chi connectivity index (χ2v) is 4.76. The van der Waals surface area contributed by atoms with Crippen LogP contribution < -0.4 is 0 Å². The zero-order valence-corrected chi connectivity index (χ0v) is 10.1. The van der Waals surface area contributed by atoms with Crippen molar-refractivity contribution in [3.63, 3.8) is 0 Å². The van der Waals surface area contributed by atoms with Crippen molar-refractivity contribution in [2.24, 2.45) is 17.8 Å². The Morgan fingerprint density at radius 1 is 1.50 bits per heavy atom. The fraction of sp³-hybridized carbons (Fsp3) is 0.917. The molecule has 0 aromatic rings. The van der Waals surface area contributed by atoms with Crippen LogP contribution in [0.15, 0.2) is 0 Å². The van der Waals surface area contributed by atoms with Gasteiger partial charge >= 0.3 is 5.97 Å². The number of aliphatic hydroxyl groups excluding tert-OH is 2. The number of carbonyl (C=O) groups excluding carboxylic acids is 1. The van der Waals surface area contributed by atoms with Crippen LogP contribution in [0.3, 0.4) is 0 Å². The maximum Gasteiger partial charge on any atom is 0.312 e. The highest BCUT2D eigenvalue weighted by Crippen LogP contribution is 2.28. The first-order valence-corrected chi connectivity index (χ1v) is 6.05. The topological polar surface area (TPSA) is 66.8 Å². The SMILES string of the molecule is CC[C@@H](C)CC[C@@H](O)[C@H]1C(=O)OC[C@H]1CO. The summed E-state index contributed by atoms with van der Waals surface area (Å²) in [7, 11) is 0. The van der Waals surface area contributed by atoms with Gasteiger partial charge in [-0.3, -0.25) is 4.79 Å². The normalized spacial score (nSPS) is 28.9. The molecule has 0 radical (unpaired) electrons. The summed E-state index contributed by atoms with van der Waals surface area (Å²) in [5, 5.41) is 19.0. The number of rotatable bonds is 6. The van der Waals surface area contributed by atoms with Crippen LogP contribution in [0.5, 0.6) is 0 Å². The van der Waals surface area contributed by atoms with Gasteiger partial charge in [0.05, 0.1) is 25.2 Å². The van der Waals surface area contributed by atoms with Gasteiger partial charge in [0.15, 0.2) is 0 Å². The van der Waals surface area contributed by atoms with Crippen LogP contribution in [0, 0.1) is 17.8 Å². The Morgan fingerprint density at radius 2 is 2.19 bits per heavy atom. The Labute approximate surface area is 96.6 Å². The van der Waals surface area contributed by atoms with E-state index in [-0.39, 0.29) is 25.1 Å². The number of carbonyl (C=O) groups is 1. The lowest BCUT2D eigenvalue weighted by atomic mass is 9.87. The van der Waals surface area contributed by atoms with E-state index >= 15 is 0 Å². The fourth-order valence-electron chi connectivity index (χ4n) is 2.06. The minimum Gasteiger partial charge on any atom is -0.465 e. The van der Waals surface area contributed by atoms with Gasteiger partial charge in [-0.05, 0) is 18.8 Å². The zero-order valence-electron chi connectivity index (χ0n) is 10.1. The molecule has 0 unspecified atom stereocenters. The van der Waals surface area contributed by atoms with Gasteiger partial charge in [0.2, 0.25) is 0 Å². The Kier molecular flexibility index (Phi) is 5.22. The van der Waals surface area contributed by atoms with Gasteiger partial charge < -0.3 is 14.9 Å². The first-order valence-electron chi connectivity index (χ1n) is 6.05. The van der Waals surface area contributed by atoms with Gasteiger partial charge in [-0.25, -0.2) is 0 Å². The Hall–Kier alpha value is -0.610. The summed E-state index contributed by atoms with van der Waals surface area (Å²) in [5.74, 6) is -0.580. The van der Waals surface area contributed by atoms with Crippen LogP contribution in [0.1, 0.15) is 33.1 Å². The van der Waals surface area contributed by atoms with Crippen LogP contribution >= 0.6 is 0 Å². The van der Waals surface area contributed by atoms with Gasteiger partial charge in [-0.15, -0.1) is 0 Å². The lowest BCUT2D eigenvalue weighted by molar-refractivity contribution is -0.144. The lowest BCUT2D eigenvalue weighted by Crippen LogP contribution is -2.31. The van der Waals surface area contributed by atoms with Crippen LogP contribution in [-0.2, 0) is 9.53 Å². The molecule has 1 aliphatic rings. The highest BCUT2D eigenvalue weighted by atomic mass is 16.5. The average Bonchev–Trinajstić information content (AvgIpc) is 2.66. The van der Waals surface area contributed by atoms with Gasteiger partial charge in [0, 0.05) is 5.92 Å². The minimum absolute atomic E-state index is 0.100. The minimum atomic E-state index is -0.679. The van der Waals surface area contributed by atoms with Crippen molar-refractivity contribution in [3.05, 3.63) is 0 Å². The van der Waals surface area contributed by atoms with E-state index in [1.54, 1.807) is 0 Å². The number of aliphatic hydroxyl groups is 2. The van der Waals surface area contributed by atoms with Gasteiger partial charge in [0.25, 0.3) is 0 Å². The second-order valence-electron chi connectivity index (χ2n) is 4.76. The number of cyclic esters (lactones) is 1. The van der Waals surface area contributed by atoms with Crippen molar-refractivity contribution in [2.45, 2.75) is 39.2 Å². The first-order chi connectivity index (χ1) is 7.60. The molecule has 1 saturated heterocycles. The molecule has 0 spiro atoms. The highest BCUT2D eigenvalue weighted by molar-refractivity contribution is 5.75. The van der Waals surface area contributed by atoms with E-state index < -0.39 is 12.0 Å². The summed E-state index contributed by atoms with van der Waals surface area (Å²) in [6.07, 6.45) is 1.90. The molecule has 2 N–H and O–H groups in total. The van der Waals surface area contributed by atoms with Gasteiger partial charge in [-0.2, -0.15) is 0 Å². The zero-order chi connectivity index (χ0) is 12.1. The molecule has 0 aromatic heterocycles. The van der Waals surface area contributed by atoms with Crippen LogP contribution in [0.25, 0.3) is 0 Å². The van der Waals surface area contributed by atoms with E-state index in [0.29, 0.717) is 12.3 Å². The fourth-order valence-corrected chi connectivity index (χ4v) is 2.06. The maximum atomic E-state index is 11.4. The monoisotopic (exact) mass is 230 g/mol. The largest absolute Gasteiger partial charge is 0.465 e. The number of ether oxygens (including phenoxy) is 1. The molecule has 0 aromatic carbocycles. The molecule has 0 saturated carbocycles. The summed E-state index contributed by atoms with van der Waals surface area (Å²) >= 11 is 0. The molecule has 1 rings (SSSR count). The van der Waals surface area contributed by atoms with Crippen LogP contribution in [0.2, 0.25) is 0 Å². The van der Waals surface area contributed by atoms with Crippen molar-refractivity contribution in [3.8, 4) is 0 Å². The quantitative estimate of drug-likeness (QED) is 0.667. The van der Waals surface area contributed by atoms with Crippen molar-refractivity contribution in [1.29, 1.82) is 0 Å². The predicted molar refractivity (Wildman–Crippen MR) is 59.7 cm³/mol. The third-order valence-corrected chi connectivity index (χ3v) is 3.52. The number of esters is 1. The molecule has 0 aliphatic carbocycles. The molecular formula is C12H22O4. The molecule has 4 atom stereocenters. The molecule has 1 fully saturated rings. The third-order valence-electron chi connectivity index (χ3n) is 3.52. The highest BCUT2D eigenvalue weighted by Gasteiger charge is 2.41. The summed E-state index contributed by atoms with van der Waals surface area (Å²) < 4.78 is 4.86. The summed E-state index contributed by atoms with van der Waals surface area (Å²) in [5.41, 5.74) is 0.